The van der Waals surface area contributed by atoms with Crippen molar-refractivity contribution < 1.29 is 9.18 Å². The summed E-state index contributed by atoms with van der Waals surface area (Å²) in [6.45, 7) is 1.25. The van der Waals surface area contributed by atoms with E-state index in [-0.39, 0.29) is 36.6 Å². The van der Waals surface area contributed by atoms with Gasteiger partial charge < -0.3 is 10.6 Å². The summed E-state index contributed by atoms with van der Waals surface area (Å²) in [5, 5.41) is 0. The van der Waals surface area contributed by atoms with Gasteiger partial charge in [0.25, 0.3) is 0 Å². The van der Waals surface area contributed by atoms with E-state index < -0.39 is 0 Å². The van der Waals surface area contributed by atoms with E-state index in [1.54, 1.807) is 17.0 Å². The minimum atomic E-state index is -0.343. The van der Waals surface area contributed by atoms with Gasteiger partial charge in [-0.25, -0.2) is 4.39 Å². The van der Waals surface area contributed by atoms with E-state index in [0.717, 1.165) is 10.9 Å². The monoisotopic (exact) mass is 336 g/mol. The Bertz CT molecular complexity index is 444. The van der Waals surface area contributed by atoms with Crippen LogP contribution in [-0.2, 0) is 11.2 Å². The van der Waals surface area contributed by atoms with E-state index in [2.05, 4.69) is 15.9 Å². The van der Waals surface area contributed by atoms with Crippen molar-refractivity contribution in [3.63, 3.8) is 0 Å². The number of hydrogen-bond acceptors (Lipinski definition) is 2. The molecule has 1 unspecified atom stereocenters. The van der Waals surface area contributed by atoms with Crippen molar-refractivity contribution >= 4 is 34.2 Å². The number of nitrogens with zero attached hydrogens (tertiary/aromatic N) is 1. The summed E-state index contributed by atoms with van der Waals surface area (Å²) in [4.78, 5) is 13.6. The van der Waals surface area contributed by atoms with Crippen LogP contribution in [0.1, 0.15) is 12.0 Å². The fraction of sp³-hybridized carbons (Fsp3) is 0.417. The lowest BCUT2D eigenvalue weighted by Crippen LogP contribution is -2.33. The molecule has 1 aromatic carbocycles. The Kier molecular flexibility index (Phi) is 5.56. The first-order chi connectivity index (χ1) is 8.06. The molecule has 1 amide bonds. The first kappa shape index (κ1) is 15.4. The third kappa shape index (κ3) is 3.67. The molecule has 18 heavy (non-hydrogen) atoms. The number of likely N-dealkylation sites (tertiary alicyclic amines) is 1. The molecule has 1 heterocycles. The van der Waals surface area contributed by atoms with Crippen molar-refractivity contribution in [1.29, 1.82) is 0 Å². The molecule has 1 aliphatic heterocycles. The van der Waals surface area contributed by atoms with E-state index in [1.807, 2.05) is 0 Å². The standard InChI is InChI=1S/C12H14BrFN2O.ClH/c13-9-1-2-11(14)8(5-9)6-12(17)16-4-3-10(15)7-16;/h1-2,5,10H,3-4,6-7,15H2;1H. The van der Waals surface area contributed by atoms with E-state index >= 15 is 0 Å². The maximum atomic E-state index is 13.5. The smallest absolute Gasteiger partial charge is 0.227 e. The normalized spacial score (nSPS) is 18.6. The molecule has 3 nitrogen and oxygen atoms in total. The molecule has 0 spiro atoms. The van der Waals surface area contributed by atoms with Crippen molar-refractivity contribution in [2.45, 2.75) is 18.9 Å². The van der Waals surface area contributed by atoms with Gasteiger partial charge in [-0.15, -0.1) is 12.4 Å². The fourth-order valence-electron chi connectivity index (χ4n) is 1.97. The molecule has 0 radical (unpaired) electrons. The zero-order chi connectivity index (χ0) is 12.4. The van der Waals surface area contributed by atoms with Gasteiger partial charge in [0.05, 0.1) is 6.42 Å². The molecular weight excluding hydrogens is 323 g/mol. The Morgan fingerprint density at radius 1 is 1.56 bits per heavy atom. The second-order valence-corrected chi connectivity index (χ2v) is 5.22. The van der Waals surface area contributed by atoms with Gasteiger partial charge in [0, 0.05) is 23.6 Å². The fourth-order valence-corrected chi connectivity index (χ4v) is 2.38. The molecule has 0 aliphatic carbocycles. The molecule has 0 aromatic heterocycles. The average Bonchev–Trinajstić information content (AvgIpc) is 2.70. The number of carbonyl (C=O) groups excluding carboxylic acids is 1. The quantitative estimate of drug-likeness (QED) is 0.898. The third-order valence-electron chi connectivity index (χ3n) is 2.93. The van der Waals surface area contributed by atoms with Crippen LogP contribution >= 0.6 is 28.3 Å². The Labute approximate surface area is 120 Å². The number of nitrogens with two attached hydrogens (primary N) is 1. The van der Waals surface area contributed by atoms with E-state index in [1.165, 1.54) is 6.07 Å². The summed E-state index contributed by atoms with van der Waals surface area (Å²) in [6.07, 6.45) is 0.921. The Morgan fingerprint density at radius 3 is 2.89 bits per heavy atom. The van der Waals surface area contributed by atoms with Gasteiger partial charge in [-0.2, -0.15) is 0 Å². The number of rotatable bonds is 2. The molecule has 1 atom stereocenters. The van der Waals surface area contributed by atoms with Crippen LogP contribution in [0.25, 0.3) is 0 Å². The van der Waals surface area contributed by atoms with Crippen molar-refractivity contribution in [1.82, 2.24) is 4.90 Å². The summed E-state index contributed by atoms with van der Waals surface area (Å²) in [5.74, 6) is -0.403. The van der Waals surface area contributed by atoms with Crippen LogP contribution in [0.4, 0.5) is 4.39 Å². The van der Waals surface area contributed by atoms with Crippen molar-refractivity contribution in [2.24, 2.45) is 5.73 Å². The van der Waals surface area contributed by atoms with E-state index in [0.29, 0.717) is 18.7 Å². The maximum absolute atomic E-state index is 13.5. The van der Waals surface area contributed by atoms with Crippen LogP contribution in [-0.4, -0.2) is 29.9 Å². The molecular formula is C12H15BrClFN2O. The van der Waals surface area contributed by atoms with Gasteiger partial charge in [0.15, 0.2) is 0 Å². The maximum Gasteiger partial charge on any atom is 0.227 e. The highest BCUT2D eigenvalue weighted by atomic mass is 79.9. The topological polar surface area (TPSA) is 46.3 Å². The molecule has 0 bridgehead atoms. The number of hydrogen-bond donors (Lipinski definition) is 1. The third-order valence-corrected chi connectivity index (χ3v) is 3.42. The van der Waals surface area contributed by atoms with Crippen LogP contribution in [0.3, 0.4) is 0 Å². The molecule has 1 aliphatic rings. The summed E-state index contributed by atoms with van der Waals surface area (Å²) in [7, 11) is 0. The predicted molar refractivity (Wildman–Crippen MR) is 74.2 cm³/mol. The van der Waals surface area contributed by atoms with Gasteiger partial charge in [-0.3, -0.25) is 4.79 Å². The van der Waals surface area contributed by atoms with Crippen LogP contribution in [0.15, 0.2) is 22.7 Å². The highest BCUT2D eigenvalue weighted by Crippen LogP contribution is 2.17. The molecule has 0 saturated carbocycles. The van der Waals surface area contributed by atoms with E-state index in [9.17, 15) is 9.18 Å². The van der Waals surface area contributed by atoms with Crippen LogP contribution in [0.2, 0.25) is 0 Å². The zero-order valence-corrected chi connectivity index (χ0v) is 12.1. The number of carbonyl (C=O) groups is 1. The SMILES string of the molecule is Cl.NC1CCN(C(=O)Cc2cc(Br)ccc2F)C1. The highest BCUT2D eigenvalue weighted by molar-refractivity contribution is 9.10. The molecule has 2 rings (SSSR count). The van der Waals surface area contributed by atoms with Gasteiger partial charge in [-0.05, 0) is 30.2 Å². The molecule has 100 valence electrons. The predicted octanol–water partition coefficient (Wildman–Crippen LogP) is 2.11. The average molecular weight is 338 g/mol. The molecule has 1 saturated heterocycles. The lowest BCUT2D eigenvalue weighted by atomic mass is 10.1. The lowest BCUT2D eigenvalue weighted by molar-refractivity contribution is -0.129. The van der Waals surface area contributed by atoms with Gasteiger partial charge in [0.2, 0.25) is 5.91 Å². The lowest BCUT2D eigenvalue weighted by Gasteiger charge is -2.16. The summed E-state index contributed by atoms with van der Waals surface area (Å²) in [5.41, 5.74) is 6.16. The van der Waals surface area contributed by atoms with Crippen molar-refractivity contribution in [3.8, 4) is 0 Å². The second kappa shape index (κ2) is 6.50. The largest absolute Gasteiger partial charge is 0.341 e. The summed E-state index contributed by atoms with van der Waals surface area (Å²) >= 11 is 3.27. The van der Waals surface area contributed by atoms with Crippen LogP contribution < -0.4 is 5.73 Å². The van der Waals surface area contributed by atoms with Gasteiger partial charge >= 0.3 is 0 Å². The summed E-state index contributed by atoms with van der Waals surface area (Å²) < 4.78 is 14.3. The first-order valence-electron chi connectivity index (χ1n) is 5.53. The zero-order valence-electron chi connectivity index (χ0n) is 9.73. The summed E-state index contributed by atoms with van der Waals surface area (Å²) in [6, 6.07) is 4.69. The van der Waals surface area contributed by atoms with Crippen LogP contribution in [0.5, 0.6) is 0 Å². The van der Waals surface area contributed by atoms with Crippen molar-refractivity contribution in [3.05, 3.63) is 34.1 Å². The Balaban J connectivity index is 0.00000162. The van der Waals surface area contributed by atoms with Gasteiger partial charge in [-0.1, -0.05) is 15.9 Å². The van der Waals surface area contributed by atoms with E-state index in [4.69, 9.17) is 5.73 Å². The second-order valence-electron chi connectivity index (χ2n) is 4.30. The molecule has 6 heteroatoms. The number of amides is 1. The minimum absolute atomic E-state index is 0. The Hall–Kier alpha value is -0.650. The van der Waals surface area contributed by atoms with Gasteiger partial charge in [0.1, 0.15) is 5.82 Å². The first-order valence-corrected chi connectivity index (χ1v) is 6.33. The highest BCUT2D eigenvalue weighted by Gasteiger charge is 2.24. The van der Waals surface area contributed by atoms with Crippen molar-refractivity contribution in [2.75, 3.05) is 13.1 Å². The number of halogens is 3. The van der Waals surface area contributed by atoms with Crippen LogP contribution in [0, 0.1) is 5.82 Å². The Morgan fingerprint density at radius 2 is 2.28 bits per heavy atom. The molecule has 1 aromatic rings. The molecule has 2 N–H and O–H groups in total. The molecule has 1 fully saturated rings. The minimum Gasteiger partial charge on any atom is -0.341 e. The number of benzene rings is 1.